The molecule has 0 atom stereocenters. The van der Waals surface area contributed by atoms with Crippen LogP contribution in [0.15, 0.2) is 5.03 Å². The highest BCUT2D eigenvalue weighted by molar-refractivity contribution is 7.80. The van der Waals surface area contributed by atoms with Crippen LogP contribution in [-0.2, 0) is 0 Å². The summed E-state index contributed by atoms with van der Waals surface area (Å²) in [5.74, 6) is 0. The van der Waals surface area contributed by atoms with E-state index < -0.39 is 0 Å². The first-order valence-electron chi connectivity index (χ1n) is 3.23. The van der Waals surface area contributed by atoms with E-state index in [1.165, 1.54) is 0 Å². The second-order valence-corrected chi connectivity index (χ2v) is 2.96. The normalized spacial score (nSPS) is 10.9. The molecule has 0 saturated heterocycles. The number of hydrogen-bond acceptors (Lipinski definition) is 3. The Morgan fingerprint density at radius 2 is 2.10 bits per heavy atom. The summed E-state index contributed by atoms with van der Waals surface area (Å²) in [5, 5.41) is 8.44. The van der Waals surface area contributed by atoms with E-state index in [2.05, 4.69) is 36.8 Å². The molecule has 0 aromatic carbocycles. The fraction of sp³-hybridized carbons (Fsp3) is 0.667. The van der Waals surface area contributed by atoms with Gasteiger partial charge in [0.05, 0.1) is 5.69 Å². The topological polar surface area (TPSA) is 30.7 Å². The lowest BCUT2D eigenvalue weighted by molar-refractivity contribution is 0.502. The highest BCUT2D eigenvalue weighted by Gasteiger charge is 2.06. The van der Waals surface area contributed by atoms with Crippen molar-refractivity contribution < 1.29 is 0 Å². The molecule has 1 rings (SSSR count). The maximum Gasteiger partial charge on any atom is 0.138 e. The lowest BCUT2D eigenvalue weighted by Crippen LogP contribution is -2.04. The van der Waals surface area contributed by atoms with Gasteiger partial charge in [0.1, 0.15) is 5.03 Å². The van der Waals surface area contributed by atoms with Crippen LogP contribution in [0.2, 0.25) is 0 Å². The smallest absolute Gasteiger partial charge is 0.138 e. The molecule has 0 aliphatic rings. The van der Waals surface area contributed by atoms with E-state index in [4.69, 9.17) is 0 Å². The first-order valence-corrected chi connectivity index (χ1v) is 3.68. The second-order valence-electron chi connectivity index (χ2n) is 2.54. The molecule has 0 radical (unpaired) electrons. The first kappa shape index (κ1) is 7.60. The van der Waals surface area contributed by atoms with Crippen LogP contribution in [0.5, 0.6) is 0 Å². The lowest BCUT2D eigenvalue weighted by atomic mass is 10.4. The SMILES string of the molecule is Cc1c(S)nnn1C(C)C. The van der Waals surface area contributed by atoms with Crippen LogP contribution < -0.4 is 0 Å². The lowest BCUT2D eigenvalue weighted by Gasteiger charge is -2.04. The van der Waals surface area contributed by atoms with E-state index in [0.29, 0.717) is 11.1 Å². The van der Waals surface area contributed by atoms with Gasteiger partial charge >= 0.3 is 0 Å². The molecular formula is C6H11N3S. The minimum atomic E-state index is 0.369. The van der Waals surface area contributed by atoms with Crippen molar-refractivity contribution in [2.45, 2.75) is 31.8 Å². The van der Waals surface area contributed by atoms with E-state index in [1.807, 2.05) is 11.6 Å². The molecule has 10 heavy (non-hydrogen) atoms. The summed E-state index contributed by atoms with van der Waals surface area (Å²) in [6.07, 6.45) is 0. The van der Waals surface area contributed by atoms with Crippen LogP contribution in [0.4, 0.5) is 0 Å². The van der Waals surface area contributed by atoms with Crippen molar-refractivity contribution in [2.24, 2.45) is 0 Å². The van der Waals surface area contributed by atoms with Crippen LogP contribution >= 0.6 is 12.6 Å². The molecular weight excluding hydrogens is 146 g/mol. The molecule has 0 amide bonds. The Labute approximate surface area is 65.8 Å². The number of aromatic nitrogens is 3. The van der Waals surface area contributed by atoms with E-state index in [9.17, 15) is 0 Å². The fourth-order valence-electron chi connectivity index (χ4n) is 0.823. The summed E-state index contributed by atoms with van der Waals surface area (Å²) < 4.78 is 1.85. The summed E-state index contributed by atoms with van der Waals surface area (Å²) in [6.45, 7) is 6.09. The van der Waals surface area contributed by atoms with Crippen molar-refractivity contribution in [3.8, 4) is 0 Å². The molecule has 0 saturated carbocycles. The van der Waals surface area contributed by atoms with Gasteiger partial charge in [-0.1, -0.05) is 5.21 Å². The Kier molecular flexibility index (Phi) is 1.99. The zero-order valence-corrected chi connectivity index (χ0v) is 7.26. The van der Waals surface area contributed by atoms with Gasteiger partial charge in [-0.2, -0.15) is 0 Å². The summed E-state index contributed by atoms with van der Waals surface area (Å²) in [5.41, 5.74) is 1.03. The molecule has 0 spiro atoms. The molecule has 1 heterocycles. The Balaban J connectivity index is 3.05. The maximum atomic E-state index is 4.12. The number of hydrogen-bond donors (Lipinski definition) is 1. The van der Waals surface area contributed by atoms with E-state index >= 15 is 0 Å². The Morgan fingerprint density at radius 1 is 1.50 bits per heavy atom. The standard InChI is InChI=1S/C6H11N3S/c1-4(2)9-5(3)6(10)7-8-9/h4,10H,1-3H3. The van der Waals surface area contributed by atoms with Crippen LogP contribution in [0, 0.1) is 6.92 Å². The zero-order valence-electron chi connectivity index (χ0n) is 6.37. The average Bonchev–Trinajstić information content (AvgIpc) is 2.14. The van der Waals surface area contributed by atoms with Gasteiger partial charge in [-0.05, 0) is 20.8 Å². The highest BCUT2D eigenvalue weighted by atomic mass is 32.1. The van der Waals surface area contributed by atoms with Crippen molar-refractivity contribution in [1.29, 1.82) is 0 Å². The monoisotopic (exact) mass is 157 g/mol. The average molecular weight is 157 g/mol. The minimum Gasteiger partial charge on any atom is -0.246 e. The van der Waals surface area contributed by atoms with Crippen molar-refractivity contribution >= 4 is 12.6 Å². The third-order valence-corrected chi connectivity index (χ3v) is 1.81. The van der Waals surface area contributed by atoms with Gasteiger partial charge in [0.25, 0.3) is 0 Å². The van der Waals surface area contributed by atoms with Crippen LogP contribution in [0.3, 0.4) is 0 Å². The Morgan fingerprint density at radius 3 is 2.30 bits per heavy atom. The second kappa shape index (κ2) is 2.62. The van der Waals surface area contributed by atoms with Crippen molar-refractivity contribution in [1.82, 2.24) is 15.0 Å². The Bertz CT molecular complexity index is 229. The van der Waals surface area contributed by atoms with Gasteiger partial charge in [0.2, 0.25) is 0 Å². The van der Waals surface area contributed by atoms with Crippen molar-refractivity contribution in [3.05, 3.63) is 5.69 Å². The minimum absolute atomic E-state index is 0.369. The molecule has 0 N–H and O–H groups in total. The number of nitrogens with zero attached hydrogens (tertiary/aromatic N) is 3. The van der Waals surface area contributed by atoms with Gasteiger partial charge in [-0.3, -0.25) is 0 Å². The molecule has 0 fully saturated rings. The number of rotatable bonds is 1. The van der Waals surface area contributed by atoms with Crippen molar-refractivity contribution in [3.63, 3.8) is 0 Å². The van der Waals surface area contributed by atoms with Gasteiger partial charge in [0, 0.05) is 6.04 Å². The highest BCUT2D eigenvalue weighted by Crippen LogP contribution is 2.12. The molecule has 4 heteroatoms. The van der Waals surface area contributed by atoms with Gasteiger partial charge in [0.15, 0.2) is 0 Å². The zero-order chi connectivity index (χ0) is 7.72. The maximum absolute atomic E-state index is 4.12. The number of thiol groups is 1. The van der Waals surface area contributed by atoms with E-state index in [0.717, 1.165) is 5.69 Å². The molecule has 0 bridgehead atoms. The molecule has 0 unspecified atom stereocenters. The van der Waals surface area contributed by atoms with E-state index in [-0.39, 0.29) is 0 Å². The first-order chi connectivity index (χ1) is 4.63. The van der Waals surface area contributed by atoms with Crippen LogP contribution in [-0.4, -0.2) is 15.0 Å². The van der Waals surface area contributed by atoms with Crippen molar-refractivity contribution in [2.75, 3.05) is 0 Å². The third kappa shape index (κ3) is 1.16. The summed E-state index contributed by atoms with van der Waals surface area (Å²) in [6, 6.07) is 0.369. The molecule has 3 nitrogen and oxygen atoms in total. The molecule has 1 aromatic heterocycles. The van der Waals surface area contributed by atoms with Gasteiger partial charge < -0.3 is 0 Å². The third-order valence-electron chi connectivity index (χ3n) is 1.39. The Hall–Kier alpha value is -0.510. The van der Waals surface area contributed by atoms with Crippen LogP contribution in [0.25, 0.3) is 0 Å². The summed E-state index contributed by atoms with van der Waals surface area (Å²) in [4.78, 5) is 0. The fourth-order valence-corrected chi connectivity index (χ4v) is 0.965. The summed E-state index contributed by atoms with van der Waals surface area (Å²) in [7, 11) is 0. The molecule has 0 aliphatic carbocycles. The molecule has 56 valence electrons. The van der Waals surface area contributed by atoms with Gasteiger partial charge in [-0.25, -0.2) is 4.68 Å². The molecule has 0 aliphatic heterocycles. The largest absolute Gasteiger partial charge is 0.246 e. The predicted octanol–water partition coefficient (Wildman–Crippen LogP) is 1.46. The van der Waals surface area contributed by atoms with Crippen LogP contribution in [0.1, 0.15) is 25.6 Å². The van der Waals surface area contributed by atoms with E-state index in [1.54, 1.807) is 0 Å². The molecule has 1 aromatic rings. The predicted molar refractivity (Wildman–Crippen MR) is 42.4 cm³/mol. The quantitative estimate of drug-likeness (QED) is 0.625. The van der Waals surface area contributed by atoms with Gasteiger partial charge in [-0.15, -0.1) is 17.7 Å². The summed E-state index contributed by atoms with van der Waals surface area (Å²) >= 11 is 4.12.